The minimum absolute atomic E-state index is 0.282. The van der Waals surface area contributed by atoms with E-state index >= 15 is 0 Å². The van der Waals surface area contributed by atoms with Crippen LogP contribution in [0.1, 0.15) is 39.6 Å². The number of hydrogen-bond acceptors (Lipinski definition) is 0. The number of hydrogen-bond donors (Lipinski definition) is 0. The molecule has 0 aromatic heterocycles. The second kappa shape index (κ2) is 5.71. The molecule has 0 aliphatic heterocycles. The predicted molar refractivity (Wildman–Crippen MR) is 82.5 cm³/mol. The third-order valence-corrected chi connectivity index (χ3v) is 4.46. The molecule has 2 aromatic rings. The van der Waals surface area contributed by atoms with Crippen LogP contribution in [-0.4, -0.2) is 0 Å². The predicted octanol–water partition coefficient (Wildman–Crippen LogP) is 5.35. The Balaban J connectivity index is 2.38. The van der Waals surface area contributed by atoms with E-state index in [1.165, 1.54) is 27.8 Å². The van der Waals surface area contributed by atoms with Crippen LogP contribution in [0.3, 0.4) is 0 Å². The van der Waals surface area contributed by atoms with E-state index in [1.54, 1.807) is 0 Å². The fourth-order valence-electron chi connectivity index (χ4n) is 2.32. The van der Waals surface area contributed by atoms with E-state index in [2.05, 4.69) is 79.2 Å². The maximum Gasteiger partial charge on any atom is 0.0649 e. The summed E-state index contributed by atoms with van der Waals surface area (Å²) in [6, 6.07) is 15.4. The number of alkyl halides is 1. The monoisotopic (exact) mass is 302 g/mol. The first-order valence-electron chi connectivity index (χ1n) is 6.42. The Labute approximate surface area is 118 Å². The molecule has 1 unspecified atom stereocenters. The lowest BCUT2D eigenvalue weighted by Gasteiger charge is -2.16. The largest absolute Gasteiger partial charge is 0.0786 e. The maximum absolute atomic E-state index is 3.84. The first kappa shape index (κ1) is 13.4. The summed E-state index contributed by atoms with van der Waals surface area (Å²) in [5, 5.41) is 0. The van der Waals surface area contributed by atoms with Gasteiger partial charge in [0.1, 0.15) is 0 Å². The quantitative estimate of drug-likeness (QED) is 0.670. The van der Waals surface area contributed by atoms with Gasteiger partial charge in [-0.3, -0.25) is 0 Å². The summed E-state index contributed by atoms with van der Waals surface area (Å²) >= 11 is 3.84. The molecule has 18 heavy (non-hydrogen) atoms. The van der Waals surface area contributed by atoms with Gasteiger partial charge in [0.15, 0.2) is 0 Å². The van der Waals surface area contributed by atoms with E-state index in [0.29, 0.717) is 0 Å². The summed E-state index contributed by atoms with van der Waals surface area (Å²) in [6.45, 7) is 6.54. The highest BCUT2D eigenvalue weighted by molar-refractivity contribution is 9.09. The Kier molecular flexibility index (Phi) is 4.23. The molecule has 0 spiro atoms. The molecule has 0 nitrogen and oxygen atoms in total. The van der Waals surface area contributed by atoms with Gasteiger partial charge in [-0.25, -0.2) is 0 Å². The van der Waals surface area contributed by atoms with E-state index in [1.807, 2.05) is 0 Å². The van der Waals surface area contributed by atoms with Crippen LogP contribution >= 0.6 is 15.9 Å². The molecule has 0 bridgehead atoms. The van der Waals surface area contributed by atoms with Gasteiger partial charge in [-0.1, -0.05) is 65.3 Å². The molecule has 0 aliphatic carbocycles. The van der Waals surface area contributed by atoms with Crippen molar-refractivity contribution in [3.8, 4) is 0 Å². The molecule has 0 N–H and O–H groups in total. The van der Waals surface area contributed by atoms with E-state index in [4.69, 9.17) is 0 Å². The first-order valence-corrected chi connectivity index (χ1v) is 7.34. The zero-order valence-corrected chi connectivity index (χ0v) is 12.8. The summed E-state index contributed by atoms with van der Waals surface area (Å²) in [5.74, 6) is 0. The van der Waals surface area contributed by atoms with Crippen molar-refractivity contribution in [2.24, 2.45) is 0 Å². The number of benzene rings is 2. The van der Waals surface area contributed by atoms with Crippen LogP contribution in [0.5, 0.6) is 0 Å². The first-order chi connectivity index (χ1) is 8.63. The fraction of sp³-hybridized carbons (Fsp3) is 0.294. The molecule has 0 saturated heterocycles. The Morgan fingerprint density at radius 2 is 1.50 bits per heavy atom. The van der Waals surface area contributed by atoms with Crippen molar-refractivity contribution < 1.29 is 0 Å². The molecule has 0 amide bonds. The van der Waals surface area contributed by atoms with Crippen LogP contribution in [0, 0.1) is 13.8 Å². The number of halogens is 1. The van der Waals surface area contributed by atoms with E-state index in [-0.39, 0.29) is 4.83 Å². The SMILES string of the molecule is CCc1ccc(C(Br)c2c(C)cccc2C)cc1. The minimum Gasteiger partial charge on any atom is -0.0786 e. The van der Waals surface area contributed by atoms with Gasteiger partial charge in [0.05, 0.1) is 4.83 Å². The Morgan fingerprint density at radius 1 is 0.944 bits per heavy atom. The number of rotatable bonds is 3. The average molecular weight is 303 g/mol. The smallest absolute Gasteiger partial charge is 0.0649 e. The van der Waals surface area contributed by atoms with Crippen molar-refractivity contribution in [2.45, 2.75) is 32.0 Å². The zero-order valence-electron chi connectivity index (χ0n) is 11.2. The molecule has 0 aliphatic rings. The second-order valence-corrected chi connectivity index (χ2v) is 5.68. The molecule has 1 heteroatoms. The summed E-state index contributed by atoms with van der Waals surface area (Å²) < 4.78 is 0. The molecule has 94 valence electrons. The second-order valence-electron chi connectivity index (χ2n) is 4.76. The Hall–Kier alpha value is -1.08. The molecular weight excluding hydrogens is 284 g/mol. The third kappa shape index (κ3) is 2.67. The van der Waals surface area contributed by atoms with E-state index in [9.17, 15) is 0 Å². The molecule has 0 heterocycles. The van der Waals surface area contributed by atoms with Crippen LogP contribution in [-0.2, 0) is 6.42 Å². The normalized spacial score (nSPS) is 12.4. The molecular formula is C17H19Br. The molecule has 0 radical (unpaired) electrons. The highest BCUT2D eigenvalue weighted by atomic mass is 79.9. The Bertz CT molecular complexity index is 506. The van der Waals surface area contributed by atoms with Crippen molar-refractivity contribution in [3.63, 3.8) is 0 Å². The van der Waals surface area contributed by atoms with Crippen LogP contribution < -0.4 is 0 Å². The van der Waals surface area contributed by atoms with Gasteiger partial charge in [0, 0.05) is 0 Å². The van der Waals surface area contributed by atoms with Gasteiger partial charge in [-0.05, 0) is 48.1 Å². The van der Waals surface area contributed by atoms with Crippen molar-refractivity contribution in [1.82, 2.24) is 0 Å². The molecule has 0 saturated carbocycles. The van der Waals surface area contributed by atoms with Crippen LogP contribution in [0.25, 0.3) is 0 Å². The minimum atomic E-state index is 0.282. The maximum atomic E-state index is 3.84. The van der Waals surface area contributed by atoms with Gasteiger partial charge in [-0.15, -0.1) is 0 Å². The Morgan fingerprint density at radius 3 is 2.00 bits per heavy atom. The van der Waals surface area contributed by atoms with Crippen LogP contribution in [0.4, 0.5) is 0 Å². The van der Waals surface area contributed by atoms with Crippen molar-refractivity contribution in [1.29, 1.82) is 0 Å². The lowest BCUT2D eigenvalue weighted by Crippen LogP contribution is -1.99. The zero-order chi connectivity index (χ0) is 13.1. The van der Waals surface area contributed by atoms with Gasteiger partial charge >= 0.3 is 0 Å². The molecule has 2 rings (SSSR count). The van der Waals surface area contributed by atoms with Gasteiger partial charge in [0.25, 0.3) is 0 Å². The van der Waals surface area contributed by atoms with Gasteiger partial charge in [-0.2, -0.15) is 0 Å². The van der Waals surface area contributed by atoms with Crippen molar-refractivity contribution in [3.05, 3.63) is 70.3 Å². The average Bonchev–Trinajstić information content (AvgIpc) is 2.38. The van der Waals surface area contributed by atoms with Crippen LogP contribution in [0.15, 0.2) is 42.5 Å². The summed E-state index contributed by atoms with van der Waals surface area (Å²) in [5.41, 5.74) is 6.79. The lowest BCUT2D eigenvalue weighted by molar-refractivity contribution is 1.09. The molecule has 1 atom stereocenters. The highest BCUT2D eigenvalue weighted by Crippen LogP contribution is 2.34. The standard InChI is InChI=1S/C17H19Br/c1-4-14-8-10-15(11-9-14)17(18)16-12(2)6-5-7-13(16)3/h5-11,17H,4H2,1-3H3. The third-order valence-electron chi connectivity index (χ3n) is 3.48. The highest BCUT2D eigenvalue weighted by Gasteiger charge is 2.14. The fourth-order valence-corrected chi connectivity index (χ4v) is 3.34. The van der Waals surface area contributed by atoms with E-state index < -0.39 is 0 Å². The van der Waals surface area contributed by atoms with Crippen LogP contribution in [0.2, 0.25) is 0 Å². The summed E-state index contributed by atoms with van der Waals surface area (Å²) in [7, 11) is 0. The van der Waals surface area contributed by atoms with Gasteiger partial charge < -0.3 is 0 Å². The van der Waals surface area contributed by atoms with Gasteiger partial charge in [0.2, 0.25) is 0 Å². The molecule has 2 aromatic carbocycles. The molecule has 0 fully saturated rings. The van der Waals surface area contributed by atoms with Crippen molar-refractivity contribution in [2.75, 3.05) is 0 Å². The number of aryl methyl sites for hydroxylation is 3. The lowest BCUT2D eigenvalue weighted by atomic mass is 9.95. The van der Waals surface area contributed by atoms with E-state index in [0.717, 1.165) is 6.42 Å². The topological polar surface area (TPSA) is 0 Å². The summed E-state index contributed by atoms with van der Waals surface area (Å²) in [6.07, 6.45) is 1.09. The van der Waals surface area contributed by atoms with Crippen molar-refractivity contribution >= 4 is 15.9 Å². The summed E-state index contributed by atoms with van der Waals surface area (Å²) in [4.78, 5) is 0.282.